The number of hydrogen-bond donors (Lipinski definition) is 1. The highest BCUT2D eigenvalue weighted by molar-refractivity contribution is 5.36. The number of hydrogen-bond acceptors (Lipinski definition) is 3. The minimum atomic E-state index is -0.719. The molecule has 0 saturated heterocycles. The van der Waals surface area contributed by atoms with Gasteiger partial charge in [-0.1, -0.05) is 31.4 Å². The third-order valence-corrected chi connectivity index (χ3v) is 3.73. The number of nitrogens with one attached hydrogen (secondary N) is 1. The first-order valence-electron chi connectivity index (χ1n) is 6.81. The second-order valence-corrected chi connectivity index (χ2v) is 5.14. The van der Waals surface area contributed by atoms with Crippen molar-refractivity contribution in [3.8, 4) is 0 Å². The first-order valence-corrected chi connectivity index (χ1v) is 6.81. The zero-order valence-corrected chi connectivity index (χ0v) is 10.9. The van der Waals surface area contributed by atoms with Crippen LogP contribution in [0.15, 0.2) is 18.2 Å². The van der Waals surface area contributed by atoms with Gasteiger partial charge < -0.3 is 5.32 Å². The van der Waals surface area contributed by atoms with E-state index in [1.54, 1.807) is 6.07 Å². The smallest absolute Gasteiger partial charge is 0.305 e. The largest absolute Gasteiger partial charge is 0.312 e. The number of halogens is 1. The molecular weight excluding hydrogens is 247 g/mol. The number of nitro groups is 1. The lowest BCUT2D eigenvalue weighted by Crippen LogP contribution is -2.24. The van der Waals surface area contributed by atoms with Crippen molar-refractivity contribution in [2.24, 2.45) is 5.92 Å². The molecule has 19 heavy (non-hydrogen) atoms. The highest BCUT2D eigenvalue weighted by Crippen LogP contribution is 2.23. The minimum Gasteiger partial charge on any atom is -0.312 e. The lowest BCUT2D eigenvalue weighted by atomic mass is 9.89. The van der Waals surface area contributed by atoms with Crippen LogP contribution in [-0.2, 0) is 6.54 Å². The van der Waals surface area contributed by atoms with Crippen molar-refractivity contribution in [3.05, 3.63) is 39.7 Å². The van der Waals surface area contributed by atoms with E-state index in [4.69, 9.17) is 0 Å². The van der Waals surface area contributed by atoms with E-state index in [9.17, 15) is 14.5 Å². The van der Waals surface area contributed by atoms with E-state index in [1.165, 1.54) is 44.2 Å². The van der Waals surface area contributed by atoms with Gasteiger partial charge in [0.1, 0.15) is 0 Å². The molecule has 1 saturated carbocycles. The zero-order chi connectivity index (χ0) is 13.7. The molecule has 1 aromatic rings. The number of benzene rings is 1. The fourth-order valence-electron chi connectivity index (χ4n) is 2.65. The molecular formula is C14H19FN2O2. The van der Waals surface area contributed by atoms with Crippen molar-refractivity contribution < 1.29 is 9.31 Å². The van der Waals surface area contributed by atoms with Crippen LogP contribution >= 0.6 is 0 Å². The Morgan fingerprint density at radius 1 is 1.32 bits per heavy atom. The normalized spacial score (nSPS) is 16.5. The zero-order valence-electron chi connectivity index (χ0n) is 10.9. The van der Waals surface area contributed by atoms with Gasteiger partial charge in [0.25, 0.3) is 0 Å². The Bertz CT molecular complexity index is 445. The van der Waals surface area contributed by atoms with Gasteiger partial charge in [0.2, 0.25) is 5.82 Å². The molecule has 0 bridgehead atoms. The van der Waals surface area contributed by atoms with Gasteiger partial charge in [-0.3, -0.25) is 10.1 Å². The van der Waals surface area contributed by atoms with E-state index in [0.717, 1.165) is 6.54 Å². The summed E-state index contributed by atoms with van der Waals surface area (Å²) in [6.07, 6.45) is 6.32. The van der Waals surface area contributed by atoms with Crippen LogP contribution in [0.2, 0.25) is 0 Å². The maximum absolute atomic E-state index is 13.8. The molecule has 0 unspecified atom stereocenters. The Balaban J connectivity index is 1.88. The molecule has 1 aromatic carbocycles. The van der Waals surface area contributed by atoms with Gasteiger partial charge in [-0.15, -0.1) is 0 Å². The van der Waals surface area contributed by atoms with Crippen LogP contribution in [0.3, 0.4) is 0 Å². The summed E-state index contributed by atoms with van der Waals surface area (Å²) in [7, 11) is 0. The average molecular weight is 266 g/mol. The van der Waals surface area contributed by atoms with Crippen molar-refractivity contribution in [2.75, 3.05) is 6.54 Å². The molecule has 104 valence electrons. The highest BCUT2D eigenvalue weighted by Gasteiger charge is 2.17. The summed E-state index contributed by atoms with van der Waals surface area (Å²) in [4.78, 5) is 9.96. The molecule has 0 radical (unpaired) electrons. The van der Waals surface area contributed by atoms with Crippen LogP contribution in [0, 0.1) is 21.8 Å². The average Bonchev–Trinajstić information content (AvgIpc) is 2.41. The Morgan fingerprint density at radius 3 is 2.74 bits per heavy atom. The van der Waals surface area contributed by atoms with E-state index in [2.05, 4.69) is 5.32 Å². The van der Waals surface area contributed by atoms with E-state index in [-0.39, 0.29) is 0 Å². The van der Waals surface area contributed by atoms with Crippen molar-refractivity contribution in [2.45, 2.75) is 38.6 Å². The molecule has 1 aliphatic rings. The van der Waals surface area contributed by atoms with Crippen molar-refractivity contribution >= 4 is 5.69 Å². The predicted octanol–water partition coefficient (Wildman–Crippen LogP) is 3.40. The molecule has 0 amide bonds. The number of rotatable bonds is 5. The number of nitro benzene ring substituents is 1. The minimum absolute atomic E-state index is 0.351. The second kappa shape index (κ2) is 6.61. The molecule has 4 nitrogen and oxygen atoms in total. The SMILES string of the molecule is O=[N+]([O-])c1cccc(CNCC2CCCCC2)c1F. The van der Waals surface area contributed by atoms with Crippen LogP contribution in [0.25, 0.3) is 0 Å². The van der Waals surface area contributed by atoms with Crippen molar-refractivity contribution in [3.63, 3.8) is 0 Å². The summed E-state index contributed by atoms with van der Waals surface area (Å²) < 4.78 is 13.8. The lowest BCUT2D eigenvalue weighted by molar-refractivity contribution is -0.387. The van der Waals surface area contributed by atoms with Crippen LogP contribution < -0.4 is 5.32 Å². The predicted molar refractivity (Wildman–Crippen MR) is 71.3 cm³/mol. The highest BCUT2D eigenvalue weighted by atomic mass is 19.1. The maximum atomic E-state index is 13.8. The molecule has 0 spiro atoms. The van der Waals surface area contributed by atoms with E-state index >= 15 is 0 Å². The lowest BCUT2D eigenvalue weighted by Gasteiger charge is -2.21. The number of nitrogens with zero attached hydrogens (tertiary/aromatic N) is 1. The molecule has 0 heterocycles. The van der Waals surface area contributed by atoms with Gasteiger partial charge >= 0.3 is 5.69 Å². The Morgan fingerprint density at radius 2 is 2.05 bits per heavy atom. The summed E-state index contributed by atoms with van der Waals surface area (Å²) in [5, 5.41) is 13.9. The fourth-order valence-corrected chi connectivity index (χ4v) is 2.65. The molecule has 5 heteroatoms. The third kappa shape index (κ3) is 3.73. The summed E-state index contributed by atoms with van der Waals surface area (Å²) in [6, 6.07) is 4.31. The van der Waals surface area contributed by atoms with E-state index in [0.29, 0.717) is 18.0 Å². The quantitative estimate of drug-likeness (QED) is 0.656. The molecule has 1 aliphatic carbocycles. The standard InChI is InChI=1S/C14H19FN2O2/c15-14-12(7-4-8-13(14)17(18)19)10-16-9-11-5-2-1-3-6-11/h4,7-8,11,16H,1-3,5-6,9-10H2. The van der Waals surface area contributed by atoms with E-state index in [1.807, 2.05) is 0 Å². The molecule has 0 aromatic heterocycles. The van der Waals surface area contributed by atoms with Crippen LogP contribution in [-0.4, -0.2) is 11.5 Å². The van der Waals surface area contributed by atoms with Crippen molar-refractivity contribution in [1.29, 1.82) is 0 Å². The van der Waals surface area contributed by atoms with Crippen LogP contribution in [0.5, 0.6) is 0 Å². The molecule has 2 rings (SSSR count). The van der Waals surface area contributed by atoms with Crippen molar-refractivity contribution in [1.82, 2.24) is 5.32 Å². The second-order valence-electron chi connectivity index (χ2n) is 5.14. The maximum Gasteiger partial charge on any atom is 0.305 e. The van der Waals surface area contributed by atoms with Crippen LogP contribution in [0.4, 0.5) is 10.1 Å². The molecule has 1 N–H and O–H groups in total. The Kier molecular flexibility index (Phi) is 4.85. The summed E-state index contributed by atoms with van der Waals surface area (Å²) in [6.45, 7) is 1.21. The van der Waals surface area contributed by atoms with E-state index < -0.39 is 16.4 Å². The van der Waals surface area contributed by atoms with Crippen LogP contribution in [0.1, 0.15) is 37.7 Å². The van der Waals surface area contributed by atoms with Gasteiger partial charge in [-0.2, -0.15) is 4.39 Å². The summed E-state index contributed by atoms with van der Waals surface area (Å²) in [5.74, 6) is -0.0563. The van der Waals surface area contributed by atoms with Gasteiger partial charge in [0.05, 0.1) is 4.92 Å². The van der Waals surface area contributed by atoms with Gasteiger partial charge in [-0.05, 0) is 25.3 Å². The Labute approximate surface area is 112 Å². The molecule has 0 aliphatic heterocycles. The molecule has 1 fully saturated rings. The first kappa shape index (κ1) is 13.9. The monoisotopic (exact) mass is 266 g/mol. The summed E-state index contributed by atoms with van der Waals surface area (Å²) >= 11 is 0. The first-order chi connectivity index (χ1) is 9.18. The van der Waals surface area contributed by atoms with Gasteiger partial charge in [0, 0.05) is 18.2 Å². The van der Waals surface area contributed by atoms with Gasteiger partial charge in [-0.25, -0.2) is 0 Å². The fraction of sp³-hybridized carbons (Fsp3) is 0.571. The Hall–Kier alpha value is -1.49. The summed E-state index contributed by atoms with van der Waals surface area (Å²) in [5.41, 5.74) is -0.0815. The molecule has 0 atom stereocenters. The topological polar surface area (TPSA) is 55.2 Å². The third-order valence-electron chi connectivity index (χ3n) is 3.73. The van der Waals surface area contributed by atoms with Gasteiger partial charge in [0.15, 0.2) is 0 Å².